The molecule has 28 heavy (non-hydrogen) atoms. The summed E-state index contributed by atoms with van der Waals surface area (Å²) in [4.78, 5) is 12.4. The van der Waals surface area contributed by atoms with Crippen molar-refractivity contribution in [2.75, 3.05) is 11.9 Å². The number of aryl methyl sites for hydroxylation is 1. The first-order chi connectivity index (χ1) is 13.6. The minimum Gasteiger partial charge on any atom is -0.494 e. The van der Waals surface area contributed by atoms with Gasteiger partial charge in [0.1, 0.15) is 22.4 Å². The smallest absolute Gasteiger partial charge is 0.268 e. The van der Waals surface area contributed by atoms with Crippen LogP contribution in [0.2, 0.25) is 0 Å². The van der Waals surface area contributed by atoms with Gasteiger partial charge in [0.25, 0.3) is 5.91 Å². The maximum absolute atomic E-state index is 12.4. The number of nitriles is 1. The molecule has 0 aliphatic rings. The van der Waals surface area contributed by atoms with Gasteiger partial charge >= 0.3 is 0 Å². The lowest BCUT2D eigenvalue weighted by Crippen LogP contribution is -2.13. The molecule has 2 aromatic heterocycles. The van der Waals surface area contributed by atoms with Crippen molar-refractivity contribution >= 4 is 28.5 Å². The lowest BCUT2D eigenvalue weighted by Gasteiger charge is -2.09. The molecule has 142 valence electrons. The number of nitrogens with one attached hydrogen (secondary N) is 1. The summed E-state index contributed by atoms with van der Waals surface area (Å²) in [6, 6.07) is 13.2. The van der Waals surface area contributed by atoms with Gasteiger partial charge in [0, 0.05) is 17.6 Å². The Labute approximate surface area is 166 Å². The minimum atomic E-state index is -0.513. The lowest BCUT2D eigenvalue weighted by atomic mass is 10.2. The first-order valence-corrected chi connectivity index (χ1v) is 9.62. The Kier molecular flexibility index (Phi) is 6.19. The molecular weight excluding hydrogens is 374 g/mol. The fourth-order valence-corrected chi connectivity index (χ4v) is 3.20. The van der Waals surface area contributed by atoms with Gasteiger partial charge in [0.2, 0.25) is 5.13 Å². The zero-order valence-electron chi connectivity index (χ0n) is 15.5. The summed E-state index contributed by atoms with van der Waals surface area (Å²) in [5.74, 6) is 0.275. The predicted octanol–water partition coefficient (Wildman–Crippen LogP) is 3.84. The van der Waals surface area contributed by atoms with Crippen molar-refractivity contribution in [3.05, 3.63) is 58.9 Å². The molecule has 0 atom stereocenters. The Bertz CT molecular complexity index is 1030. The molecular formula is C20H19N5O2S. The van der Waals surface area contributed by atoms with Crippen LogP contribution in [-0.2, 0) is 11.2 Å². The molecule has 0 radical (unpaired) electrons. The highest BCUT2D eigenvalue weighted by Gasteiger charge is 2.13. The molecule has 0 aliphatic heterocycles. The third-order valence-electron chi connectivity index (χ3n) is 3.85. The van der Waals surface area contributed by atoms with E-state index in [0.717, 1.165) is 22.9 Å². The Hall–Kier alpha value is -3.44. The topological polar surface area (TPSA) is 92.8 Å². The maximum Gasteiger partial charge on any atom is 0.268 e. The van der Waals surface area contributed by atoms with E-state index in [-0.39, 0.29) is 5.57 Å². The molecule has 7 nitrogen and oxygen atoms in total. The molecule has 8 heteroatoms. The van der Waals surface area contributed by atoms with Crippen LogP contribution in [-0.4, -0.2) is 27.3 Å². The molecule has 0 saturated heterocycles. The van der Waals surface area contributed by atoms with Crippen LogP contribution in [0.5, 0.6) is 5.75 Å². The second-order valence-electron chi connectivity index (χ2n) is 5.71. The standard InChI is InChI=1S/C20H19N5O2S/c1-3-18-23-24-20(28-18)22-19(26)14(13-21)12-16-6-5-11-25(16)15-7-9-17(10-8-15)27-4-2/h5-12H,3-4H2,1-2H3,(H,22,24,26)/b14-12-. The Morgan fingerprint density at radius 1 is 1.29 bits per heavy atom. The summed E-state index contributed by atoms with van der Waals surface area (Å²) < 4.78 is 7.35. The summed E-state index contributed by atoms with van der Waals surface area (Å²) in [6.45, 7) is 4.50. The number of aromatic nitrogens is 3. The molecule has 3 aromatic rings. The van der Waals surface area contributed by atoms with Crippen LogP contribution in [0.1, 0.15) is 24.5 Å². The number of ether oxygens (including phenoxy) is 1. The fraction of sp³-hybridized carbons (Fsp3) is 0.200. The van der Waals surface area contributed by atoms with Gasteiger partial charge in [-0.05, 0) is 55.8 Å². The summed E-state index contributed by atoms with van der Waals surface area (Å²) >= 11 is 1.29. The molecule has 0 aliphatic carbocycles. The normalized spacial score (nSPS) is 11.1. The molecule has 1 N–H and O–H groups in total. The highest BCUT2D eigenvalue weighted by Crippen LogP contribution is 2.20. The minimum absolute atomic E-state index is 0.0147. The van der Waals surface area contributed by atoms with Gasteiger partial charge in [0.15, 0.2) is 0 Å². The lowest BCUT2D eigenvalue weighted by molar-refractivity contribution is -0.112. The van der Waals surface area contributed by atoms with Crippen molar-refractivity contribution in [1.82, 2.24) is 14.8 Å². The molecule has 0 bridgehead atoms. The van der Waals surface area contributed by atoms with Crippen LogP contribution in [0, 0.1) is 11.3 Å². The van der Waals surface area contributed by atoms with Crippen LogP contribution in [0.25, 0.3) is 11.8 Å². The second kappa shape index (κ2) is 8.97. The highest BCUT2D eigenvalue weighted by molar-refractivity contribution is 7.15. The molecule has 1 amide bonds. The molecule has 2 heterocycles. The summed E-state index contributed by atoms with van der Waals surface area (Å²) in [5.41, 5.74) is 1.59. The molecule has 0 spiro atoms. The largest absolute Gasteiger partial charge is 0.494 e. The number of amides is 1. The van der Waals surface area contributed by atoms with Crippen molar-refractivity contribution < 1.29 is 9.53 Å². The number of hydrogen-bond acceptors (Lipinski definition) is 6. The molecule has 0 fully saturated rings. The van der Waals surface area contributed by atoms with Crippen LogP contribution < -0.4 is 10.1 Å². The average molecular weight is 393 g/mol. The monoisotopic (exact) mass is 393 g/mol. The predicted molar refractivity (Wildman–Crippen MR) is 108 cm³/mol. The summed E-state index contributed by atoms with van der Waals surface area (Å²) in [6.07, 6.45) is 4.16. The van der Waals surface area contributed by atoms with Crippen molar-refractivity contribution in [3.8, 4) is 17.5 Å². The van der Waals surface area contributed by atoms with Gasteiger partial charge in [-0.2, -0.15) is 5.26 Å². The van der Waals surface area contributed by atoms with Crippen molar-refractivity contribution in [3.63, 3.8) is 0 Å². The van der Waals surface area contributed by atoms with E-state index in [4.69, 9.17) is 4.74 Å². The Morgan fingerprint density at radius 3 is 2.71 bits per heavy atom. The SMILES string of the molecule is CCOc1ccc(-n2cccc2/C=C(/C#N)C(=O)Nc2nnc(CC)s2)cc1. The number of anilines is 1. The van der Waals surface area contributed by atoms with Crippen molar-refractivity contribution in [2.45, 2.75) is 20.3 Å². The Balaban J connectivity index is 1.82. The second-order valence-corrected chi connectivity index (χ2v) is 6.77. The molecule has 0 saturated carbocycles. The third kappa shape index (κ3) is 4.45. The summed E-state index contributed by atoms with van der Waals surface area (Å²) in [5, 5.41) is 21.1. The fourth-order valence-electron chi connectivity index (χ4n) is 2.52. The van der Waals surface area contributed by atoms with Gasteiger partial charge < -0.3 is 9.30 Å². The zero-order valence-corrected chi connectivity index (χ0v) is 16.4. The van der Waals surface area contributed by atoms with Crippen LogP contribution >= 0.6 is 11.3 Å². The number of carbonyl (C=O) groups excluding carboxylic acids is 1. The first kappa shape index (κ1) is 19.3. The van der Waals surface area contributed by atoms with Gasteiger partial charge in [-0.15, -0.1) is 10.2 Å². The number of nitrogens with zero attached hydrogens (tertiary/aromatic N) is 4. The van der Waals surface area contributed by atoms with E-state index in [1.807, 2.05) is 67.1 Å². The quantitative estimate of drug-likeness (QED) is 0.486. The first-order valence-electron chi connectivity index (χ1n) is 8.80. The molecule has 0 unspecified atom stereocenters. The van der Waals surface area contributed by atoms with E-state index < -0.39 is 5.91 Å². The number of benzene rings is 1. The van der Waals surface area contributed by atoms with Crippen LogP contribution in [0.15, 0.2) is 48.2 Å². The van der Waals surface area contributed by atoms with Crippen molar-refractivity contribution in [2.24, 2.45) is 0 Å². The molecule has 1 aromatic carbocycles. The van der Waals surface area contributed by atoms with Crippen LogP contribution in [0.3, 0.4) is 0 Å². The van der Waals surface area contributed by atoms with Gasteiger partial charge in [0.05, 0.1) is 6.61 Å². The van der Waals surface area contributed by atoms with Crippen molar-refractivity contribution in [1.29, 1.82) is 5.26 Å². The third-order valence-corrected chi connectivity index (χ3v) is 4.84. The van der Waals surface area contributed by atoms with E-state index in [0.29, 0.717) is 17.4 Å². The zero-order chi connectivity index (χ0) is 19.9. The summed E-state index contributed by atoms with van der Waals surface area (Å²) in [7, 11) is 0. The van der Waals surface area contributed by atoms with Gasteiger partial charge in [-0.25, -0.2) is 0 Å². The number of rotatable bonds is 7. The van der Waals surface area contributed by atoms with Crippen LogP contribution in [0.4, 0.5) is 5.13 Å². The van der Waals surface area contributed by atoms with Gasteiger partial charge in [-0.1, -0.05) is 18.3 Å². The maximum atomic E-state index is 12.4. The average Bonchev–Trinajstić information content (AvgIpc) is 3.36. The van der Waals surface area contributed by atoms with E-state index >= 15 is 0 Å². The van der Waals surface area contributed by atoms with E-state index in [9.17, 15) is 10.1 Å². The van der Waals surface area contributed by atoms with E-state index in [1.54, 1.807) is 6.08 Å². The highest BCUT2D eigenvalue weighted by atomic mass is 32.1. The van der Waals surface area contributed by atoms with E-state index in [2.05, 4.69) is 15.5 Å². The van der Waals surface area contributed by atoms with E-state index in [1.165, 1.54) is 11.3 Å². The number of carbonyl (C=O) groups is 1. The number of hydrogen-bond donors (Lipinski definition) is 1. The Morgan fingerprint density at radius 2 is 2.07 bits per heavy atom. The van der Waals surface area contributed by atoms with Gasteiger partial charge in [-0.3, -0.25) is 10.1 Å². The molecule has 3 rings (SSSR count).